The standard InChI is InChI=1S/C20H22ClN3OS/c1-13(2)17-9-4-14(3)10-18(17)25-12-19-22-23-20(26)24(19)11-15-5-7-16(21)8-6-15/h4-10,13H,11-12H2,1-3H3,(H,23,26). The zero-order valence-corrected chi connectivity index (χ0v) is 16.7. The number of hydrogen-bond donors (Lipinski definition) is 1. The first-order valence-electron chi connectivity index (χ1n) is 8.56. The molecule has 136 valence electrons. The Balaban J connectivity index is 1.81. The Kier molecular flexibility index (Phi) is 5.79. The van der Waals surface area contributed by atoms with E-state index in [-0.39, 0.29) is 0 Å². The summed E-state index contributed by atoms with van der Waals surface area (Å²) < 4.78 is 8.63. The van der Waals surface area contributed by atoms with Crippen molar-refractivity contribution in [1.29, 1.82) is 0 Å². The van der Waals surface area contributed by atoms with Gasteiger partial charge in [0.25, 0.3) is 0 Å². The molecule has 0 fully saturated rings. The number of aromatic nitrogens is 3. The van der Waals surface area contributed by atoms with Crippen LogP contribution in [0.4, 0.5) is 0 Å². The monoisotopic (exact) mass is 387 g/mol. The van der Waals surface area contributed by atoms with Crippen LogP contribution in [0.3, 0.4) is 0 Å². The number of aryl methyl sites for hydroxylation is 1. The average molecular weight is 388 g/mol. The van der Waals surface area contributed by atoms with Gasteiger partial charge in [-0.05, 0) is 59.9 Å². The topological polar surface area (TPSA) is 42.8 Å². The summed E-state index contributed by atoms with van der Waals surface area (Å²) in [5.74, 6) is 2.05. The van der Waals surface area contributed by atoms with Crippen LogP contribution >= 0.6 is 23.8 Å². The lowest BCUT2D eigenvalue weighted by Gasteiger charge is -2.15. The number of hydrogen-bond acceptors (Lipinski definition) is 3. The van der Waals surface area contributed by atoms with E-state index in [0.29, 0.717) is 28.9 Å². The van der Waals surface area contributed by atoms with Gasteiger partial charge >= 0.3 is 0 Å². The molecule has 0 atom stereocenters. The van der Waals surface area contributed by atoms with Crippen LogP contribution < -0.4 is 4.74 Å². The van der Waals surface area contributed by atoms with E-state index in [4.69, 9.17) is 28.6 Å². The minimum atomic E-state index is 0.351. The van der Waals surface area contributed by atoms with Crippen LogP contribution in [0.1, 0.15) is 42.3 Å². The van der Waals surface area contributed by atoms with Crippen LogP contribution in [-0.4, -0.2) is 14.8 Å². The normalized spacial score (nSPS) is 11.1. The summed E-state index contributed by atoms with van der Waals surface area (Å²) in [6.45, 7) is 7.36. The first kappa shape index (κ1) is 18.7. The molecule has 6 heteroatoms. The van der Waals surface area contributed by atoms with Gasteiger partial charge in [-0.1, -0.05) is 49.7 Å². The third kappa shape index (κ3) is 4.34. The summed E-state index contributed by atoms with van der Waals surface area (Å²) in [5.41, 5.74) is 3.46. The second kappa shape index (κ2) is 8.06. The van der Waals surface area contributed by atoms with Crippen molar-refractivity contribution in [2.45, 2.75) is 39.8 Å². The molecule has 0 radical (unpaired) electrons. The van der Waals surface area contributed by atoms with Crippen molar-refractivity contribution in [1.82, 2.24) is 14.8 Å². The molecule has 3 aromatic rings. The Morgan fingerprint density at radius 2 is 1.92 bits per heavy atom. The predicted octanol–water partition coefficient (Wildman–Crippen LogP) is 5.65. The van der Waals surface area contributed by atoms with Crippen molar-refractivity contribution in [3.05, 3.63) is 74.8 Å². The van der Waals surface area contributed by atoms with Crippen molar-refractivity contribution < 1.29 is 4.74 Å². The molecule has 0 aliphatic rings. The number of ether oxygens (including phenoxy) is 1. The number of H-pyrrole nitrogens is 1. The molecule has 1 heterocycles. The quantitative estimate of drug-likeness (QED) is 0.555. The van der Waals surface area contributed by atoms with Gasteiger partial charge in [-0.2, -0.15) is 5.10 Å². The highest BCUT2D eigenvalue weighted by atomic mass is 35.5. The van der Waals surface area contributed by atoms with Crippen LogP contribution in [-0.2, 0) is 13.2 Å². The molecular formula is C20H22ClN3OS. The fourth-order valence-electron chi connectivity index (χ4n) is 2.78. The van der Waals surface area contributed by atoms with Crippen LogP contribution in [0.2, 0.25) is 5.02 Å². The molecule has 1 N–H and O–H groups in total. The number of nitrogens with one attached hydrogen (secondary N) is 1. The molecule has 0 bridgehead atoms. The number of rotatable bonds is 6. The van der Waals surface area contributed by atoms with Gasteiger partial charge in [0.15, 0.2) is 10.6 Å². The van der Waals surface area contributed by atoms with Crippen molar-refractivity contribution in [3.8, 4) is 5.75 Å². The third-order valence-corrected chi connectivity index (χ3v) is 4.80. The molecule has 0 aliphatic heterocycles. The molecule has 0 unspecified atom stereocenters. The van der Waals surface area contributed by atoms with E-state index >= 15 is 0 Å². The van der Waals surface area contributed by atoms with Gasteiger partial charge in [0.2, 0.25) is 0 Å². The number of halogens is 1. The fraction of sp³-hybridized carbons (Fsp3) is 0.300. The maximum absolute atomic E-state index is 6.11. The molecule has 26 heavy (non-hydrogen) atoms. The molecule has 0 saturated heterocycles. The number of aromatic amines is 1. The van der Waals surface area contributed by atoms with Crippen LogP contribution in [0.15, 0.2) is 42.5 Å². The van der Waals surface area contributed by atoms with E-state index in [0.717, 1.165) is 17.1 Å². The van der Waals surface area contributed by atoms with E-state index in [1.54, 1.807) is 0 Å². The molecule has 0 amide bonds. The second-order valence-corrected chi connectivity index (χ2v) is 7.47. The molecule has 4 nitrogen and oxygen atoms in total. The lowest BCUT2D eigenvalue weighted by atomic mass is 10.0. The lowest BCUT2D eigenvalue weighted by molar-refractivity contribution is 0.285. The Morgan fingerprint density at radius 1 is 1.19 bits per heavy atom. The minimum absolute atomic E-state index is 0.351. The SMILES string of the molecule is Cc1ccc(C(C)C)c(OCc2n[nH]c(=S)n2Cc2ccc(Cl)cc2)c1. The maximum atomic E-state index is 6.11. The Hall–Kier alpha value is -2.11. The summed E-state index contributed by atoms with van der Waals surface area (Å²) in [7, 11) is 0. The van der Waals surface area contributed by atoms with E-state index in [1.807, 2.05) is 28.8 Å². The Bertz CT molecular complexity index is 944. The Labute approximate surface area is 163 Å². The van der Waals surface area contributed by atoms with Gasteiger partial charge in [-0.3, -0.25) is 9.67 Å². The summed E-state index contributed by atoms with van der Waals surface area (Å²) >= 11 is 11.3. The molecule has 0 spiro atoms. The summed E-state index contributed by atoms with van der Waals surface area (Å²) in [6, 6.07) is 14.0. The molecule has 1 aromatic heterocycles. The van der Waals surface area contributed by atoms with Gasteiger partial charge in [0, 0.05) is 5.02 Å². The third-order valence-electron chi connectivity index (χ3n) is 4.24. The van der Waals surface area contributed by atoms with Gasteiger partial charge in [-0.25, -0.2) is 0 Å². The summed E-state index contributed by atoms with van der Waals surface area (Å²) in [6.07, 6.45) is 0. The zero-order valence-electron chi connectivity index (χ0n) is 15.1. The number of nitrogens with zero attached hydrogens (tertiary/aromatic N) is 2. The predicted molar refractivity (Wildman–Crippen MR) is 108 cm³/mol. The summed E-state index contributed by atoms with van der Waals surface area (Å²) in [4.78, 5) is 0. The van der Waals surface area contributed by atoms with Crippen LogP contribution in [0, 0.1) is 11.7 Å². The van der Waals surface area contributed by atoms with Gasteiger partial charge in [-0.15, -0.1) is 0 Å². The Morgan fingerprint density at radius 3 is 2.62 bits per heavy atom. The fourth-order valence-corrected chi connectivity index (χ4v) is 3.12. The average Bonchev–Trinajstić information content (AvgIpc) is 2.95. The van der Waals surface area contributed by atoms with Gasteiger partial charge in [0.1, 0.15) is 12.4 Å². The molecule has 0 saturated carbocycles. The minimum Gasteiger partial charge on any atom is -0.485 e. The highest BCUT2D eigenvalue weighted by molar-refractivity contribution is 7.71. The smallest absolute Gasteiger partial charge is 0.195 e. The maximum Gasteiger partial charge on any atom is 0.195 e. The van der Waals surface area contributed by atoms with E-state index in [2.05, 4.69) is 49.2 Å². The van der Waals surface area contributed by atoms with Crippen LogP contribution in [0.5, 0.6) is 5.75 Å². The van der Waals surface area contributed by atoms with Crippen molar-refractivity contribution in [2.24, 2.45) is 0 Å². The largest absolute Gasteiger partial charge is 0.485 e. The number of benzene rings is 2. The van der Waals surface area contributed by atoms with Crippen molar-refractivity contribution >= 4 is 23.8 Å². The lowest BCUT2D eigenvalue weighted by Crippen LogP contribution is -2.09. The van der Waals surface area contributed by atoms with Gasteiger partial charge < -0.3 is 4.74 Å². The van der Waals surface area contributed by atoms with Crippen LogP contribution in [0.25, 0.3) is 0 Å². The van der Waals surface area contributed by atoms with E-state index in [1.165, 1.54) is 11.1 Å². The molecule has 3 rings (SSSR count). The molecule has 0 aliphatic carbocycles. The van der Waals surface area contributed by atoms with Crippen molar-refractivity contribution in [2.75, 3.05) is 0 Å². The van der Waals surface area contributed by atoms with E-state index < -0.39 is 0 Å². The molecule has 2 aromatic carbocycles. The second-order valence-electron chi connectivity index (χ2n) is 6.64. The highest BCUT2D eigenvalue weighted by Gasteiger charge is 2.12. The van der Waals surface area contributed by atoms with E-state index in [9.17, 15) is 0 Å². The van der Waals surface area contributed by atoms with Crippen molar-refractivity contribution in [3.63, 3.8) is 0 Å². The molecular weight excluding hydrogens is 366 g/mol. The first-order valence-corrected chi connectivity index (χ1v) is 9.34. The zero-order chi connectivity index (χ0) is 18.7. The van der Waals surface area contributed by atoms with Gasteiger partial charge in [0.05, 0.1) is 6.54 Å². The summed E-state index contributed by atoms with van der Waals surface area (Å²) in [5, 5.41) is 7.92. The first-order chi connectivity index (χ1) is 12.4. The highest BCUT2D eigenvalue weighted by Crippen LogP contribution is 2.28.